The molecule has 1 rings (SSSR count). The van der Waals surface area contributed by atoms with Crippen LogP contribution in [-0.4, -0.2) is 30.6 Å². The van der Waals surface area contributed by atoms with Gasteiger partial charge in [0.15, 0.2) is 0 Å². The number of hydrogen-bond acceptors (Lipinski definition) is 5. The van der Waals surface area contributed by atoms with Gasteiger partial charge in [0.1, 0.15) is 5.69 Å². The number of nitro benzene ring substituents is 1. The smallest absolute Gasteiger partial charge is 0.337 e. The monoisotopic (exact) mass is 280 g/mol. The highest BCUT2D eigenvalue weighted by atomic mass is 16.6. The summed E-state index contributed by atoms with van der Waals surface area (Å²) in [5.41, 5.74) is 0.768. The number of methoxy groups -OCH3 is 1. The lowest BCUT2D eigenvalue weighted by Gasteiger charge is -2.28. The van der Waals surface area contributed by atoms with Crippen molar-refractivity contribution in [1.29, 1.82) is 0 Å². The number of ether oxygens (including phenoxy) is 1. The maximum atomic E-state index is 11.6. The molecule has 0 aliphatic heterocycles. The highest BCUT2D eigenvalue weighted by Gasteiger charge is 2.23. The zero-order valence-corrected chi connectivity index (χ0v) is 12.3. The van der Waals surface area contributed by atoms with Crippen molar-refractivity contribution in [2.45, 2.75) is 33.2 Å². The Morgan fingerprint density at radius 1 is 1.45 bits per heavy atom. The number of hydrogen-bond donors (Lipinski definition) is 0. The van der Waals surface area contributed by atoms with E-state index in [0.29, 0.717) is 17.8 Å². The molecule has 0 amide bonds. The topological polar surface area (TPSA) is 72.7 Å². The van der Waals surface area contributed by atoms with E-state index in [1.54, 1.807) is 0 Å². The average Bonchev–Trinajstić information content (AvgIpc) is 2.42. The summed E-state index contributed by atoms with van der Waals surface area (Å²) in [6.07, 6.45) is 0.859. The van der Waals surface area contributed by atoms with Crippen LogP contribution in [0.4, 0.5) is 11.4 Å². The average molecular weight is 280 g/mol. The molecule has 0 fully saturated rings. The third kappa shape index (κ3) is 3.46. The minimum absolute atomic E-state index is 0.000182. The molecule has 0 heterocycles. The Bertz CT molecular complexity index is 500. The molecule has 0 saturated carbocycles. The molecule has 110 valence electrons. The largest absolute Gasteiger partial charge is 0.465 e. The number of nitro groups is 1. The van der Waals surface area contributed by atoms with Crippen LogP contribution in [0.2, 0.25) is 0 Å². The van der Waals surface area contributed by atoms with E-state index in [9.17, 15) is 14.9 Å². The van der Waals surface area contributed by atoms with Crippen LogP contribution in [0.1, 0.15) is 37.6 Å². The molecule has 0 atom stereocenters. The first-order valence-electron chi connectivity index (χ1n) is 6.55. The number of carbonyl (C=O) groups excluding carboxylic acids is 1. The fourth-order valence-electron chi connectivity index (χ4n) is 2.05. The number of anilines is 1. The second-order valence-corrected chi connectivity index (χ2v) is 4.74. The van der Waals surface area contributed by atoms with Crippen LogP contribution < -0.4 is 4.90 Å². The molecule has 0 bridgehead atoms. The van der Waals surface area contributed by atoms with Crippen molar-refractivity contribution in [2.75, 3.05) is 18.6 Å². The van der Waals surface area contributed by atoms with Gasteiger partial charge in [0.05, 0.1) is 17.6 Å². The highest BCUT2D eigenvalue weighted by molar-refractivity contribution is 5.91. The fraction of sp³-hybridized carbons (Fsp3) is 0.500. The Hall–Kier alpha value is -2.11. The molecular formula is C14H20N2O4. The van der Waals surface area contributed by atoms with Gasteiger partial charge < -0.3 is 9.64 Å². The molecule has 0 aliphatic carbocycles. The van der Waals surface area contributed by atoms with Gasteiger partial charge in [0.25, 0.3) is 5.69 Å². The van der Waals surface area contributed by atoms with Gasteiger partial charge in [-0.2, -0.15) is 0 Å². The lowest BCUT2D eigenvalue weighted by molar-refractivity contribution is -0.384. The molecule has 1 aromatic carbocycles. The number of carbonyl (C=O) groups is 1. The van der Waals surface area contributed by atoms with Crippen LogP contribution >= 0.6 is 0 Å². The lowest BCUT2D eigenvalue weighted by Crippen LogP contribution is -2.32. The fourth-order valence-corrected chi connectivity index (χ4v) is 2.05. The van der Waals surface area contributed by atoms with Crippen LogP contribution in [0.5, 0.6) is 0 Å². The van der Waals surface area contributed by atoms with Crippen molar-refractivity contribution < 1.29 is 14.5 Å². The van der Waals surface area contributed by atoms with Crippen LogP contribution in [-0.2, 0) is 4.74 Å². The van der Waals surface area contributed by atoms with Crippen molar-refractivity contribution in [3.05, 3.63) is 33.9 Å². The summed E-state index contributed by atoms with van der Waals surface area (Å²) in [4.78, 5) is 24.2. The highest BCUT2D eigenvalue weighted by Crippen LogP contribution is 2.31. The van der Waals surface area contributed by atoms with Crippen molar-refractivity contribution in [3.8, 4) is 0 Å². The zero-order chi connectivity index (χ0) is 15.3. The summed E-state index contributed by atoms with van der Waals surface area (Å²) in [5.74, 6) is -0.499. The summed E-state index contributed by atoms with van der Waals surface area (Å²) >= 11 is 0. The molecule has 0 N–H and O–H groups in total. The van der Waals surface area contributed by atoms with E-state index >= 15 is 0 Å². The van der Waals surface area contributed by atoms with Crippen molar-refractivity contribution >= 4 is 17.3 Å². The van der Waals surface area contributed by atoms with E-state index in [1.165, 1.54) is 25.3 Å². The van der Waals surface area contributed by atoms with Gasteiger partial charge in [0.2, 0.25) is 0 Å². The molecule has 0 spiro atoms. The number of benzene rings is 1. The molecule has 0 unspecified atom stereocenters. The van der Waals surface area contributed by atoms with E-state index in [1.807, 2.05) is 25.7 Å². The van der Waals surface area contributed by atoms with Crippen molar-refractivity contribution in [3.63, 3.8) is 0 Å². The lowest BCUT2D eigenvalue weighted by atomic mass is 10.1. The Labute approximate surface area is 118 Å². The van der Waals surface area contributed by atoms with E-state index in [4.69, 9.17) is 0 Å². The zero-order valence-electron chi connectivity index (χ0n) is 12.3. The Kier molecular flexibility index (Phi) is 5.49. The number of esters is 1. The Morgan fingerprint density at radius 2 is 2.10 bits per heavy atom. The third-order valence-corrected chi connectivity index (χ3v) is 2.99. The third-order valence-electron chi connectivity index (χ3n) is 2.99. The van der Waals surface area contributed by atoms with Gasteiger partial charge in [-0.3, -0.25) is 10.1 Å². The first-order valence-corrected chi connectivity index (χ1v) is 6.55. The SMILES string of the molecule is CCCN(c1cc(C(=O)OC)ccc1[N+](=O)[O-])C(C)C. The molecule has 20 heavy (non-hydrogen) atoms. The molecule has 6 heteroatoms. The van der Waals surface area contributed by atoms with Crippen LogP contribution in [0.25, 0.3) is 0 Å². The Morgan fingerprint density at radius 3 is 2.55 bits per heavy atom. The number of nitrogens with zero attached hydrogens (tertiary/aromatic N) is 2. The van der Waals surface area contributed by atoms with Gasteiger partial charge in [0, 0.05) is 18.7 Å². The molecule has 0 aromatic heterocycles. The van der Waals surface area contributed by atoms with E-state index < -0.39 is 10.9 Å². The standard InChI is InChI=1S/C14H20N2O4/c1-5-8-15(10(2)3)13-9-11(14(17)20-4)6-7-12(13)16(18)19/h6-7,9-10H,5,8H2,1-4H3. The number of rotatable bonds is 6. The molecule has 6 nitrogen and oxygen atoms in total. The van der Waals surface area contributed by atoms with Crippen LogP contribution in [0, 0.1) is 10.1 Å². The first-order chi connectivity index (χ1) is 9.42. The van der Waals surface area contributed by atoms with E-state index in [-0.39, 0.29) is 11.7 Å². The minimum Gasteiger partial charge on any atom is -0.465 e. The maximum absolute atomic E-state index is 11.6. The van der Waals surface area contributed by atoms with Crippen LogP contribution in [0.3, 0.4) is 0 Å². The molecule has 1 aromatic rings. The van der Waals surface area contributed by atoms with Crippen molar-refractivity contribution in [2.24, 2.45) is 0 Å². The van der Waals surface area contributed by atoms with Gasteiger partial charge in [-0.25, -0.2) is 4.79 Å². The van der Waals surface area contributed by atoms with Gasteiger partial charge in [-0.05, 0) is 32.4 Å². The summed E-state index contributed by atoms with van der Waals surface area (Å²) < 4.78 is 4.66. The predicted molar refractivity (Wildman–Crippen MR) is 77.2 cm³/mol. The van der Waals surface area contributed by atoms with Gasteiger partial charge in [-0.1, -0.05) is 6.92 Å². The predicted octanol–water partition coefficient (Wildman–Crippen LogP) is 3.01. The normalized spacial score (nSPS) is 10.4. The second-order valence-electron chi connectivity index (χ2n) is 4.74. The molecule has 0 radical (unpaired) electrons. The van der Waals surface area contributed by atoms with Crippen molar-refractivity contribution in [1.82, 2.24) is 0 Å². The second kappa shape index (κ2) is 6.88. The summed E-state index contributed by atoms with van der Waals surface area (Å²) in [6, 6.07) is 4.39. The van der Waals surface area contributed by atoms with Gasteiger partial charge in [-0.15, -0.1) is 0 Å². The summed E-state index contributed by atoms with van der Waals surface area (Å²) in [7, 11) is 1.29. The molecular weight excluding hydrogens is 260 g/mol. The minimum atomic E-state index is -0.499. The van der Waals surface area contributed by atoms with Gasteiger partial charge >= 0.3 is 5.97 Å². The first kappa shape index (κ1) is 15.9. The molecule has 0 aliphatic rings. The Balaban J connectivity index is 3.36. The van der Waals surface area contributed by atoms with Crippen LogP contribution in [0.15, 0.2) is 18.2 Å². The maximum Gasteiger partial charge on any atom is 0.337 e. The van der Waals surface area contributed by atoms with E-state index in [2.05, 4.69) is 4.74 Å². The quantitative estimate of drug-likeness (QED) is 0.455. The molecule has 0 saturated heterocycles. The van der Waals surface area contributed by atoms with E-state index in [0.717, 1.165) is 6.42 Å². The summed E-state index contributed by atoms with van der Waals surface area (Å²) in [6.45, 7) is 6.61. The summed E-state index contributed by atoms with van der Waals surface area (Å²) in [5, 5.41) is 11.2.